The Balaban J connectivity index is 1.62. The van der Waals surface area contributed by atoms with Gasteiger partial charge in [-0.3, -0.25) is 0 Å². The summed E-state index contributed by atoms with van der Waals surface area (Å²) in [6.45, 7) is 2.35. The lowest BCUT2D eigenvalue weighted by atomic mass is 10.1. The zero-order valence-electron chi connectivity index (χ0n) is 22.2. The van der Waals surface area contributed by atoms with Crippen LogP contribution in [0.25, 0.3) is 10.2 Å². The average molecular weight is 584 g/mol. The fourth-order valence-electron chi connectivity index (χ4n) is 3.81. The number of ether oxygens (including phenoxy) is 4. The average Bonchev–Trinajstić information content (AvgIpc) is 3.36. The van der Waals surface area contributed by atoms with E-state index in [-0.39, 0.29) is 10.6 Å². The van der Waals surface area contributed by atoms with Gasteiger partial charge in [0.25, 0.3) is 0 Å². The summed E-state index contributed by atoms with van der Waals surface area (Å²) in [4.78, 5) is 4.77. The second-order valence-electron chi connectivity index (χ2n) is 8.57. The normalized spacial score (nSPS) is 12.9. The van der Waals surface area contributed by atoms with Crippen molar-refractivity contribution in [2.45, 2.75) is 24.2 Å². The monoisotopic (exact) mass is 583 g/mol. The number of hydrogen-bond acceptors (Lipinski definition) is 11. The number of nitriles is 1. The van der Waals surface area contributed by atoms with Crippen molar-refractivity contribution in [1.29, 1.82) is 5.26 Å². The summed E-state index contributed by atoms with van der Waals surface area (Å²) in [5, 5.41) is 23.8. The number of thiazole rings is 1. The standard InChI is InChI=1S/C28H29N3O7S2/c1-4-40(33,34)21-11-7-19(8-12-21)26(38-20-9-5-18(17-29)6-10-20)27(32)31-28-30-22-15-24(37-14-13-35-2)23(36-3)16-25(22)39-28/h5-12,15-16,26-27,32H,4,13-14H2,1-3H3,(H,30,31). The minimum Gasteiger partial charge on any atom is -0.493 e. The van der Waals surface area contributed by atoms with Crippen molar-refractivity contribution in [3.8, 4) is 23.3 Å². The Bertz CT molecular complexity index is 1580. The SMILES string of the molecule is CCS(=O)(=O)c1ccc(C(Oc2ccc(C#N)cc2)C(O)Nc2nc3cc(OCCOC)c(OC)cc3s2)cc1. The molecule has 0 saturated carbocycles. The number of hydrogen-bond donors (Lipinski definition) is 2. The molecule has 40 heavy (non-hydrogen) atoms. The molecule has 3 aromatic carbocycles. The molecule has 0 aliphatic rings. The summed E-state index contributed by atoms with van der Waals surface area (Å²) in [6, 6.07) is 18.3. The van der Waals surface area contributed by atoms with Crippen molar-refractivity contribution in [2.75, 3.05) is 38.5 Å². The van der Waals surface area contributed by atoms with Crippen molar-refractivity contribution in [1.82, 2.24) is 4.98 Å². The van der Waals surface area contributed by atoms with E-state index in [4.69, 9.17) is 24.2 Å². The van der Waals surface area contributed by atoms with Crippen molar-refractivity contribution in [3.05, 3.63) is 71.8 Å². The number of anilines is 1. The molecule has 10 nitrogen and oxygen atoms in total. The van der Waals surface area contributed by atoms with Crippen LogP contribution < -0.4 is 19.5 Å². The number of aliphatic hydroxyl groups is 1. The lowest BCUT2D eigenvalue weighted by Gasteiger charge is -2.25. The van der Waals surface area contributed by atoms with Crippen LogP contribution in [0.2, 0.25) is 0 Å². The first-order valence-electron chi connectivity index (χ1n) is 12.3. The third kappa shape index (κ3) is 6.81. The van der Waals surface area contributed by atoms with E-state index < -0.39 is 22.2 Å². The smallest absolute Gasteiger partial charge is 0.185 e. The summed E-state index contributed by atoms with van der Waals surface area (Å²) >= 11 is 1.31. The first kappa shape index (κ1) is 29.1. The molecule has 0 aliphatic heterocycles. The van der Waals surface area contributed by atoms with Crippen LogP contribution in [-0.4, -0.2) is 57.9 Å². The Morgan fingerprint density at radius 3 is 2.40 bits per heavy atom. The maximum Gasteiger partial charge on any atom is 0.185 e. The van der Waals surface area contributed by atoms with Crippen LogP contribution in [0.15, 0.2) is 65.6 Å². The molecule has 2 N–H and O–H groups in total. The van der Waals surface area contributed by atoms with E-state index in [2.05, 4.69) is 16.4 Å². The molecule has 2 atom stereocenters. The summed E-state index contributed by atoms with van der Waals surface area (Å²) in [5.74, 6) is 1.46. The fourth-order valence-corrected chi connectivity index (χ4v) is 5.60. The van der Waals surface area contributed by atoms with Gasteiger partial charge in [0.2, 0.25) is 0 Å². The lowest BCUT2D eigenvalue weighted by Crippen LogP contribution is -2.31. The topological polar surface area (TPSA) is 140 Å². The second kappa shape index (κ2) is 13.0. The quantitative estimate of drug-likeness (QED) is 0.170. The van der Waals surface area contributed by atoms with Gasteiger partial charge in [-0.05, 0) is 42.0 Å². The highest BCUT2D eigenvalue weighted by Crippen LogP contribution is 2.37. The number of nitrogens with one attached hydrogen (secondary N) is 1. The van der Waals surface area contributed by atoms with E-state index >= 15 is 0 Å². The van der Waals surface area contributed by atoms with Crippen LogP contribution in [-0.2, 0) is 14.6 Å². The number of aliphatic hydroxyl groups excluding tert-OH is 1. The van der Waals surface area contributed by atoms with E-state index in [1.807, 2.05) is 6.07 Å². The van der Waals surface area contributed by atoms with Gasteiger partial charge in [-0.15, -0.1) is 0 Å². The van der Waals surface area contributed by atoms with E-state index in [0.29, 0.717) is 52.2 Å². The molecular weight excluding hydrogens is 554 g/mol. The molecule has 1 aromatic heterocycles. The van der Waals surface area contributed by atoms with Crippen LogP contribution >= 0.6 is 11.3 Å². The maximum atomic E-state index is 12.3. The zero-order chi connectivity index (χ0) is 28.7. The van der Waals surface area contributed by atoms with E-state index in [9.17, 15) is 13.5 Å². The number of nitrogens with zero attached hydrogens (tertiary/aromatic N) is 2. The molecule has 4 rings (SSSR count). The van der Waals surface area contributed by atoms with E-state index in [1.54, 1.807) is 63.6 Å². The largest absolute Gasteiger partial charge is 0.493 e. The van der Waals surface area contributed by atoms with Crippen LogP contribution in [0.5, 0.6) is 17.2 Å². The van der Waals surface area contributed by atoms with Gasteiger partial charge in [-0.1, -0.05) is 30.4 Å². The van der Waals surface area contributed by atoms with Crippen LogP contribution in [0.3, 0.4) is 0 Å². The molecule has 0 aliphatic carbocycles. The first-order valence-corrected chi connectivity index (χ1v) is 14.8. The molecule has 0 amide bonds. The summed E-state index contributed by atoms with van der Waals surface area (Å²) < 4.78 is 47.8. The molecule has 0 radical (unpaired) electrons. The second-order valence-corrected chi connectivity index (χ2v) is 11.9. The lowest BCUT2D eigenvalue weighted by molar-refractivity contribution is 0.0540. The molecule has 12 heteroatoms. The molecule has 0 saturated heterocycles. The Morgan fingerprint density at radius 2 is 1.77 bits per heavy atom. The Labute approximate surface area is 236 Å². The Kier molecular flexibility index (Phi) is 9.44. The summed E-state index contributed by atoms with van der Waals surface area (Å²) in [6.07, 6.45) is -2.22. The van der Waals surface area contributed by atoms with Gasteiger partial charge in [0, 0.05) is 19.2 Å². The van der Waals surface area contributed by atoms with Gasteiger partial charge in [0.05, 0.1) is 46.2 Å². The molecule has 4 aromatic rings. The van der Waals surface area contributed by atoms with Crippen molar-refractivity contribution in [3.63, 3.8) is 0 Å². The Morgan fingerprint density at radius 1 is 1.05 bits per heavy atom. The minimum atomic E-state index is -3.39. The van der Waals surface area contributed by atoms with Gasteiger partial charge in [-0.2, -0.15) is 5.26 Å². The van der Waals surface area contributed by atoms with Crippen molar-refractivity contribution < 1.29 is 32.5 Å². The summed E-state index contributed by atoms with van der Waals surface area (Å²) in [7, 11) is -0.251. The number of fused-ring (bicyclic) bond motifs is 1. The predicted molar refractivity (Wildman–Crippen MR) is 152 cm³/mol. The van der Waals surface area contributed by atoms with Crippen molar-refractivity contribution >= 4 is 36.5 Å². The zero-order valence-corrected chi connectivity index (χ0v) is 23.8. The third-order valence-corrected chi connectivity index (χ3v) is 8.67. The van der Waals surface area contributed by atoms with Crippen LogP contribution in [0.4, 0.5) is 5.13 Å². The molecule has 1 heterocycles. The van der Waals surface area contributed by atoms with Gasteiger partial charge >= 0.3 is 0 Å². The molecule has 0 spiro atoms. The first-order chi connectivity index (χ1) is 19.3. The molecule has 0 bridgehead atoms. The van der Waals surface area contributed by atoms with Crippen molar-refractivity contribution in [2.24, 2.45) is 0 Å². The maximum absolute atomic E-state index is 12.3. The molecule has 210 valence electrons. The Hall–Kier alpha value is -3.89. The highest BCUT2D eigenvalue weighted by Gasteiger charge is 2.26. The molecule has 0 fully saturated rings. The number of aromatic nitrogens is 1. The van der Waals surface area contributed by atoms with Gasteiger partial charge in [-0.25, -0.2) is 13.4 Å². The van der Waals surface area contributed by atoms with Gasteiger partial charge < -0.3 is 29.4 Å². The van der Waals surface area contributed by atoms with E-state index in [0.717, 1.165) is 4.70 Å². The molecular formula is C28H29N3O7S2. The highest BCUT2D eigenvalue weighted by atomic mass is 32.2. The number of methoxy groups -OCH3 is 2. The van der Waals surface area contributed by atoms with Crippen LogP contribution in [0, 0.1) is 11.3 Å². The molecule has 2 unspecified atom stereocenters. The number of benzene rings is 3. The van der Waals surface area contributed by atoms with Gasteiger partial charge in [0.15, 0.2) is 38.8 Å². The predicted octanol–water partition coefficient (Wildman–Crippen LogP) is 4.55. The van der Waals surface area contributed by atoms with Crippen LogP contribution in [0.1, 0.15) is 24.2 Å². The van der Waals surface area contributed by atoms with Gasteiger partial charge in [0.1, 0.15) is 12.4 Å². The number of sulfone groups is 1. The fraction of sp³-hybridized carbons (Fsp3) is 0.286. The van der Waals surface area contributed by atoms with E-state index in [1.165, 1.54) is 23.5 Å². The summed E-state index contributed by atoms with van der Waals surface area (Å²) in [5.41, 5.74) is 1.65. The third-order valence-electron chi connectivity index (χ3n) is 5.97. The highest BCUT2D eigenvalue weighted by molar-refractivity contribution is 7.91. The number of rotatable bonds is 13. The minimum absolute atomic E-state index is 0.0246.